The summed E-state index contributed by atoms with van der Waals surface area (Å²) in [5.41, 5.74) is 0.754. The Bertz CT molecular complexity index is 1140. The lowest BCUT2D eigenvalue weighted by Crippen LogP contribution is -2.45. The van der Waals surface area contributed by atoms with Crippen LogP contribution in [0.3, 0.4) is 0 Å². The number of benzene rings is 2. The Hall–Kier alpha value is -3.47. The van der Waals surface area contributed by atoms with Crippen LogP contribution in [0.25, 0.3) is 0 Å². The molecule has 11 heteroatoms. The van der Waals surface area contributed by atoms with Gasteiger partial charge < -0.3 is 25.0 Å². The summed E-state index contributed by atoms with van der Waals surface area (Å²) in [6.07, 6.45) is 3.90. The van der Waals surface area contributed by atoms with Crippen molar-refractivity contribution in [2.24, 2.45) is 0 Å². The molecule has 192 valence electrons. The molecule has 1 aliphatic carbocycles. The first-order valence-corrected chi connectivity index (χ1v) is 13.3. The molecular weight excluding hydrogens is 489 g/mol. The summed E-state index contributed by atoms with van der Waals surface area (Å²) in [6, 6.07) is 10.1. The van der Waals surface area contributed by atoms with Gasteiger partial charge in [0.15, 0.2) is 11.5 Å². The van der Waals surface area contributed by atoms with Gasteiger partial charge in [-0.2, -0.15) is 0 Å². The lowest BCUT2D eigenvalue weighted by atomic mass is 10.2. The number of nitrogens with one attached hydrogen (secondary N) is 2. The summed E-state index contributed by atoms with van der Waals surface area (Å²) in [7, 11) is -1.84. The van der Waals surface area contributed by atoms with Crippen molar-refractivity contribution in [2.75, 3.05) is 41.5 Å². The molecule has 0 spiro atoms. The van der Waals surface area contributed by atoms with Gasteiger partial charge in [0.25, 0.3) is 0 Å². The molecule has 3 amide bonds. The van der Waals surface area contributed by atoms with E-state index < -0.39 is 39.9 Å². The van der Waals surface area contributed by atoms with E-state index >= 15 is 0 Å². The second-order valence-corrected chi connectivity index (χ2v) is 10.1. The number of fused-ring (bicyclic) bond motifs is 1. The third-order valence-corrected chi connectivity index (χ3v) is 7.02. The molecule has 36 heavy (non-hydrogen) atoms. The summed E-state index contributed by atoms with van der Waals surface area (Å²) in [5, 5.41) is 5.48. The summed E-state index contributed by atoms with van der Waals surface area (Å²) >= 11 is 0. The highest BCUT2D eigenvalue weighted by molar-refractivity contribution is 7.86. The van der Waals surface area contributed by atoms with Crippen molar-refractivity contribution in [3.63, 3.8) is 0 Å². The maximum absolute atomic E-state index is 13.2. The molecule has 1 atom stereocenters. The number of carbonyl (C=O) groups excluding carboxylic acids is 3. The van der Waals surface area contributed by atoms with E-state index in [1.165, 1.54) is 29.2 Å². The van der Waals surface area contributed by atoms with Gasteiger partial charge >= 0.3 is 0 Å². The Morgan fingerprint density at radius 1 is 0.944 bits per heavy atom. The van der Waals surface area contributed by atoms with Crippen LogP contribution in [0.5, 0.6) is 11.5 Å². The minimum atomic E-state index is -1.84. The van der Waals surface area contributed by atoms with Gasteiger partial charge in [-0.25, -0.2) is 4.39 Å². The molecular formula is C25H28FN3O6S. The van der Waals surface area contributed by atoms with Gasteiger partial charge in [0.1, 0.15) is 37.1 Å². The van der Waals surface area contributed by atoms with Gasteiger partial charge in [-0.1, -0.05) is 12.8 Å². The van der Waals surface area contributed by atoms with Crippen LogP contribution >= 0.6 is 0 Å². The van der Waals surface area contributed by atoms with Crippen molar-refractivity contribution in [3.8, 4) is 11.5 Å². The second-order valence-electron chi connectivity index (χ2n) is 8.64. The van der Waals surface area contributed by atoms with E-state index in [1.54, 1.807) is 18.2 Å². The third kappa shape index (κ3) is 7.03. The number of hydrogen-bond donors (Lipinski definition) is 2. The van der Waals surface area contributed by atoms with Crippen LogP contribution in [-0.4, -0.2) is 59.2 Å². The number of amides is 3. The van der Waals surface area contributed by atoms with E-state index in [0.717, 1.165) is 25.7 Å². The number of hydrogen-bond acceptors (Lipinski definition) is 6. The number of carbonyl (C=O) groups is 3. The van der Waals surface area contributed by atoms with Crippen molar-refractivity contribution >= 4 is 39.9 Å². The van der Waals surface area contributed by atoms with Crippen LogP contribution in [0.2, 0.25) is 0 Å². The zero-order valence-electron chi connectivity index (χ0n) is 19.7. The Morgan fingerprint density at radius 3 is 2.36 bits per heavy atom. The molecule has 1 fully saturated rings. The normalized spacial score (nSPS) is 15.7. The van der Waals surface area contributed by atoms with Crippen LogP contribution in [-0.2, 0) is 25.2 Å². The van der Waals surface area contributed by atoms with Crippen LogP contribution in [0.4, 0.5) is 15.8 Å². The zero-order valence-corrected chi connectivity index (χ0v) is 20.5. The SMILES string of the molecule is O=C(C[S@](=O)CC(=O)N(CC(=O)NC1CCCC1)c1ccc2c(c1)OCCO2)Nc1ccc(F)cc1. The van der Waals surface area contributed by atoms with Crippen LogP contribution < -0.4 is 25.0 Å². The minimum absolute atomic E-state index is 0.0824. The molecule has 1 heterocycles. The molecule has 0 saturated heterocycles. The highest BCUT2D eigenvalue weighted by Gasteiger charge is 2.26. The number of nitrogens with zero attached hydrogens (tertiary/aromatic N) is 1. The van der Waals surface area contributed by atoms with E-state index in [1.807, 2.05) is 0 Å². The number of halogens is 1. The Labute approximate surface area is 210 Å². The minimum Gasteiger partial charge on any atom is -0.486 e. The largest absolute Gasteiger partial charge is 0.486 e. The molecule has 0 aromatic heterocycles. The first kappa shape index (κ1) is 25.6. The Balaban J connectivity index is 1.42. The number of rotatable bonds is 9. The molecule has 2 aromatic carbocycles. The average molecular weight is 518 g/mol. The topological polar surface area (TPSA) is 114 Å². The average Bonchev–Trinajstić information content (AvgIpc) is 3.36. The molecule has 9 nitrogen and oxygen atoms in total. The predicted octanol–water partition coefficient (Wildman–Crippen LogP) is 2.38. The lowest BCUT2D eigenvalue weighted by Gasteiger charge is -2.25. The van der Waals surface area contributed by atoms with Gasteiger partial charge in [0.05, 0.1) is 0 Å². The van der Waals surface area contributed by atoms with E-state index in [-0.39, 0.29) is 18.5 Å². The van der Waals surface area contributed by atoms with Crippen molar-refractivity contribution in [3.05, 3.63) is 48.3 Å². The molecule has 1 saturated carbocycles. The van der Waals surface area contributed by atoms with Gasteiger partial charge in [-0.05, 0) is 49.2 Å². The summed E-state index contributed by atoms with van der Waals surface area (Å²) in [6.45, 7) is 0.519. The van der Waals surface area contributed by atoms with E-state index in [4.69, 9.17) is 9.47 Å². The van der Waals surface area contributed by atoms with E-state index in [2.05, 4.69) is 10.6 Å². The molecule has 2 N–H and O–H groups in total. The van der Waals surface area contributed by atoms with Crippen molar-refractivity contribution < 1.29 is 32.5 Å². The van der Waals surface area contributed by atoms with Crippen molar-refractivity contribution in [1.82, 2.24) is 5.32 Å². The van der Waals surface area contributed by atoms with Gasteiger partial charge in [0, 0.05) is 34.3 Å². The summed E-state index contributed by atoms with van der Waals surface area (Å²) < 4.78 is 36.8. The zero-order chi connectivity index (χ0) is 25.5. The van der Waals surface area contributed by atoms with E-state index in [0.29, 0.717) is 36.1 Å². The Kier molecular flexibility index (Phi) is 8.52. The van der Waals surface area contributed by atoms with Crippen molar-refractivity contribution in [1.29, 1.82) is 0 Å². The molecule has 0 unspecified atom stereocenters. The molecule has 2 aliphatic rings. The first-order valence-electron chi connectivity index (χ1n) is 11.8. The molecule has 2 aromatic rings. The maximum Gasteiger partial charge on any atom is 0.240 e. The van der Waals surface area contributed by atoms with Crippen molar-refractivity contribution in [2.45, 2.75) is 31.7 Å². The van der Waals surface area contributed by atoms with Gasteiger partial charge in [-0.15, -0.1) is 0 Å². The fourth-order valence-corrected chi connectivity index (χ4v) is 5.05. The smallest absolute Gasteiger partial charge is 0.240 e. The number of anilines is 2. The Morgan fingerprint density at radius 2 is 1.64 bits per heavy atom. The number of ether oxygens (including phenoxy) is 2. The third-order valence-electron chi connectivity index (χ3n) is 5.87. The maximum atomic E-state index is 13.2. The van der Waals surface area contributed by atoms with Crippen LogP contribution in [0.1, 0.15) is 25.7 Å². The fraction of sp³-hybridized carbons (Fsp3) is 0.400. The molecule has 0 bridgehead atoms. The molecule has 1 aliphatic heterocycles. The summed E-state index contributed by atoms with van der Waals surface area (Å²) in [5.74, 6) is -1.79. The lowest BCUT2D eigenvalue weighted by molar-refractivity contribution is -0.123. The van der Waals surface area contributed by atoms with Gasteiger partial charge in [-0.3, -0.25) is 18.6 Å². The molecule has 4 rings (SSSR count). The monoisotopic (exact) mass is 517 g/mol. The second kappa shape index (κ2) is 12.0. The standard InChI is InChI=1S/C25H28FN3O6S/c26-17-5-7-19(8-6-17)28-24(31)15-36(33)16-25(32)29(14-23(30)27-18-3-1-2-4-18)20-9-10-21-22(13-20)35-12-11-34-21/h5-10,13,18H,1-4,11-12,14-16H2,(H,27,30)(H,28,31)/t36-/m0/s1. The first-order chi connectivity index (χ1) is 17.4. The quantitative estimate of drug-likeness (QED) is 0.528. The van der Waals surface area contributed by atoms with Crippen LogP contribution in [0.15, 0.2) is 42.5 Å². The fourth-order valence-electron chi connectivity index (χ4n) is 4.15. The summed E-state index contributed by atoms with van der Waals surface area (Å²) in [4.78, 5) is 39.4. The van der Waals surface area contributed by atoms with E-state index in [9.17, 15) is 23.0 Å². The van der Waals surface area contributed by atoms with Crippen LogP contribution in [0, 0.1) is 5.82 Å². The highest BCUT2D eigenvalue weighted by Crippen LogP contribution is 2.34. The predicted molar refractivity (Wildman–Crippen MR) is 133 cm³/mol. The van der Waals surface area contributed by atoms with Gasteiger partial charge in [0.2, 0.25) is 17.7 Å². The highest BCUT2D eigenvalue weighted by atomic mass is 32.2. The molecule has 0 radical (unpaired) electrons.